The summed E-state index contributed by atoms with van der Waals surface area (Å²) in [5.74, 6) is 0. The average Bonchev–Trinajstić information content (AvgIpc) is 2.88. The number of rotatable bonds is 5. The molecule has 1 aromatic rings. The molecule has 1 fully saturated rings. The molecule has 0 amide bonds. The molecule has 4 heteroatoms. The maximum absolute atomic E-state index is 6.21. The minimum absolute atomic E-state index is 0.359. The van der Waals surface area contributed by atoms with Gasteiger partial charge in [-0.2, -0.15) is 0 Å². The lowest BCUT2D eigenvalue weighted by Crippen LogP contribution is -2.32. The van der Waals surface area contributed by atoms with Gasteiger partial charge in [0.05, 0.1) is 6.10 Å². The van der Waals surface area contributed by atoms with Gasteiger partial charge < -0.3 is 15.4 Å². The van der Waals surface area contributed by atoms with E-state index < -0.39 is 0 Å². The van der Waals surface area contributed by atoms with Gasteiger partial charge in [0, 0.05) is 37.0 Å². The van der Waals surface area contributed by atoms with Crippen LogP contribution < -0.4 is 10.6 Å². The van der Waals surface area contributed by atoms with Crippen LogP contribution >= 0.6 is 11.6 Å². The molecule has 1 aliphatic rings. The van der Waals surface area contributed by atoms with Crippen LogP contribution in [0.2, 0.25) is 5.02 Å². The van der Waals surface area contributed by atoms with Crippen molar-refractivity contribution in [2.75, 3.05) is 24.6 Å². The van der Waals surface area contributed by atoms with Crippen molar-refractivity contribution < 1.29 is 4.74 Å². The molecule has 0 spiro atoms. The predicted molar refractivity (Wildman–Crippen MR) is 76.2 cm³/mol. The van der Waals surface area contributed by atoms with Gasteiger partial charge in [0.25, 0.3) is 0 Å². The van der Waals surface area contributed by atoms with E-state index in [-0.39, 0.29) is 0 Å². The van der Waals surface area contributed by atoms with Crippen molar-refractivity contribution in [1.29, 1.82) is 0 Å². The van der Waals surface area contributed by atoms with E-state index in [0.29, 0.717) is 12.6 Å². The third-order valence-electron chi connectivity index (χ3n) is 3.45. The Labute approximate surface area is 114 Å². The van der Waals surface area contributed by atoms with Crippen molar-refractivity contribution in [2.45, 2.75) is 32.4 Å². The number of likely N-dealkylation sites (N-methyl/N-ethyl adjacent to an activating group) is 1. The Balaban J connectivity index is 2.08. The first-order valence-corrected chi connectivity index (χ1v) is 6.97. The van der Waals surface area contributed by atoms with Crippen LogP contribution in [0.5, 0.6) is 0 Å². The molecule has 1 aliphatic heterocycles. The summed E-state index contributed by atoms with van der Waals surface area (Å²) in [5, 5.41) is 0.751. The number of halogens is 1. The van der Waals surface area contributed by atoms with Crippen LogP contribution in [0.3, 0.4) is 0 Å². The topological polar surface area (TPSA) is 38.5 Å². The van der Waals surface area contributed by atoms with Gasteiger partial charge >= 0.3 is 0 Å². The Morgan fingerprint density at radius 1 is 1.50 bits per heavy atom. The fourth-order valence-electron chi connectivity index (χ4n) is 2.35. The number of hydrogen-bond donors (Lipinski definition) is 1. The van der Waals surface area contributed by atoms with Crippen molar-refractivity contribution in [3.63, 3.8) is 0 Å². The molecule has 0 bridgehead atoms. The second kappa shape index (κ2) is 6.41. The first kappa shape index (κ1) is 13.7. The summed E-state index contributed by atoms with van der Waals surface area (Å²) in [7, 11) is 0. The van der Waals surface area contributed by atoms with Crippen molar-refractivity contribution in [3.05, 3.63) is 28.8 Å². The second-order valence-electron chi connectivity index (χ2n) is 4.65. The summed E-state index contributed by atoms with van der Waals surface area (Å²) >= 11 is 6.21. The summed E-state index contributed by atoms with van der Waals surface area (Å²) in [4.78, 5) is 2.31. The quantitative estimate of drug-likeness (QED) is 0.893. The number of ether oxygens (including phenoxy) is 1. The summed E-state index contributed by atoms with van der Waals surface area (Å²) in [6.45, 7) is 5.43. The van der Waals surface area contributed by atoms with E-state index in [1.807, 2.05) is 12.1 Å². The molecule has 0 aromatic heterocycles. The molecule has 2 N–H and O–H groups in total. The van der Waals surface area contributed by atoms with Crippen LogP contribution in [0.1, 0.15) is 25.3 Å². The molecule has 1 saturated heterocycles. The highest BCUT2D eigenvalue weighted by molar-refractivity contribution is 6.31. The molecule has 1 atom stereocenters. The van der Waals surface area contributed by atoms with Gasteiger partial charge in [0.1, 0.15) is 0 Å². The summed E-state index contributed by atoms with van der Waals surface area (Å²) in [5.41, 5.74) is 7.77. The Hall–Kier alpha value is -0.770. The molecule has 2 rings (SSSR count). The van der Waals surface area contributed by atoms with E-state index in [9.17, 15) is 0 Å². The lowest BCUT2D eigenvalue weighted by atomic mass is 10.1. The van der Waals surface area contributed by atoms with Crippen LogP contribution in [0.25, 0.3) is 0 Å². The van der Waals surface area contributed by atoms with E-state index in [1.54, 1.807) is 0 Å². The Morgan fingerprint density at radius 3 is 2.89 bits per heavy atom. The van der Waals surface area contributed by atoms with Crippen LogP contribution in [-0.2, 0) is 11.3 Å². The summed E-state index contributed by atoms with van der Waals surface area (Å²) in [6, 6.07) is 6.10. The number of hydrogen-bond acceptors (Lipinski definition) is 3. The third kappa shape index (κ3) is 3.16. The molecule has 18 heavy (non-hydrogen) atoms. The van der Waals surface area contributed by atoms with Gasteiger partial charge in [-0.25, -0.2) is 0 Å². The highest BCUT2D eigenvalue weighted by atomic mass is 35.5. The van der Waals surface area contributed by atoms with E-state index in [4.69, 9.17) is 22.1 Å². The molecule has 100 valence electrons. The van der Waals surface area contributed by atoms with Gasteiger partial charge in [-0.1, -0.05) is 17.7 Å². The molecule has 1 aromatic carbocycles. The second-order valence-corrected chi connectivity index (χ2v) is 5.06. The zero-order valence-corrected chi connectivity index (χ0v) is 11.6. The largest absolute Gasteiger partial charge is 0.376 e. The molecule has 0 aliphatic carbocycles. The fourth-order valence-corrected chi connectivity index (χ4v) is 2.60. The van der Waals surface area contributed by atoms with Gasteiger partial charge in [-0.3, -0.25) is 0 Å². The highest BCUT2D eigenvalue weighted by Crippen LogP contribution is 2.25. The SMILES string of the molecule is CCN(CC1CCCO1)c1ccc(CN)c(Cl)c1. The lowest BCUT2D eigenvalue weighted by Gasteiger charge is -2.26. The van der Waals surface area contributed by atoms with Gasteiger partial charge in [-0.05, 0) is 37.5 Å². The maximum atomic E-state index is 6.21. The average molecular weight is 269 g/mol. The first-order chi connectivity index (χ1) is 8.74. The zero-order valence-electron chi connectivity index (χ0n) is 10.9. The van der Waals surface area contributed by atoms with Gasteiger partial charge in [-0.15, -0.1) is 0 Å². The molecule has 0 radical (unpaired) electrons. The smallest absolute Gasteiger partial charge is 0.0750 e. The highest BCUT2D eigenvalue weighted by Gasteiger charge is 2.19. The lowest BCUT2D eigenvalue weighted by molar-refractivity contribution is 0.115. The first-order valence-electron chi connectivity index (χ1n) is 6.59. The van der Waals surface area contributed by atoms with Crippen molar-refractivity contribution >= 4 is 17.3 Å². The fraction of sp³-hybridized carbons (Fsp3) is 0.571. The van der Waals surface area contributed by atoms with Crippen LogP contribution in [0.15, 0.2) is 18.2 Å². The number of anilines is 1. The Kier molecular flexibility index (Phi) is 4.87. The molecular weight excluding hydrogens is 248 g/mol. The molecular formula is C14H21ClN2O. The van der Waals surface area contributed by atoms with E-state index in [0.717, 1.165) is 42.4 Å². The van der Waals surface area contributed by atoms with E-state index >= 15 is 0 Å². The minimum Gasteiger partial charge on any atom is -0.376 e. The van der Waals surface area contributed by atoms with Crippen LogP contribution in [0.4, 0.5) is 5.69 Å². The number of benzene rings is 1. The standard InChI is InChI=1S/C14H21ClN2O/c1-2-17(10-13-4-3-7-18-13)12-6-5-11(9-16)14(15)8-12/h5-6,8,13H,2-4,7,9-10,16H2,1H3. The van der Waals surface area contributed by atoms with Gasteiger partial charge in [0.15, 0.2) is 0 Å². The summed E-state index contributed by atoms with van der Waals surface area (Å²) in [6.07, 6.45) is 2.69. The van der Waals surface area contributed by atoms with E-state index in [2.05, 4.69) is 17.9 Å². The monoisotopic (exact) mass is 268 g/mol. The maximum Gasteiger partial charge on any atom is 0.0750 e. The van der Waals surface area contributed by atoms with E-state index in [1.165, 1.54) is 6.42 Å². The van der Waals surface area contributed by atoms with Gasteiger partial charge in [0.2, 0.25) is 0 Å². The molecule has 1 unspecified atom stereocenters. The third-order valence-corrected chi connectivity index (χ3v) is 3.80. The van der Waals surface area contributed by atoms with Crippen molar-refractivity contribution in [2.24, 2.45) is 5.73 Å². The normalized spacial score (nSPS) is 19.2. The zero-order chi connectivity index (χ0) is 13.0. The molecule has 1 heterocycles. The predicted octanol–water partition coefficient (Wildman–Crippen LogP) is 2.80. The Bertz CT molecular complexity index is 391. The summed E-state index contributed by atoms with van der Waals surface area (Å²) < 4.78 is 5.69. The molecule has 0 saturated carbocycles. The van der Waals surface area contributed by atoms with Crippen molar-refractivity contribution in [3.8, 4) is 0 Å². The number of nitrogens with two attached hydrogens (primary N) is 1. The van der Waals surface area contributed by atoms with Crippen LogP contribution in [0, 0.1) is 0 Å². The Morgan fingerprint density at radius 2 is 2.33 bits per heavy atom. The number of nitrogens with zero attached hydrogens (tertiary/aromatic N) is 1. The molecule has 3 nitrogen and oxygen atoms in total. The van der Waals surface area contributed by atoms with Crippen LogP contribution in [-0.4, -0.2) is 25.8 Å². The minimum atomic E-state index is 0.359. The van der Waals surface area contributed by atoms with Crippen molar-refractivity contribution in [1.82, 2.24) is 0 Å².